The van der Waals surface area contributed by atoms with E-state index in [1.54, 1.807) is 12.1 Å². The van der Waals surface area contributed by atoms with Crippen molar-refractivity contribution in [3.05, 3.63) is 28.3 Å². The standard InChI is InChI=1S/C14H11ClN2O4/c1-19-12-5-9(3-10(6-16)7-17)4-11(15)14(12)21-8-13(18)20-2/h3-5H,8H2,1-2H3. The number of allylic oxidation sites excluding steroid dienone is 1. The molecule has 1 aromatic rings. The van der Waals surface area contributed by atoms with Gasteiger partial charge in [-0.05, 0) is 23.8 Å². The van der Waals surface area contributed by atoms with Gasteiger partial charge in [-0.3, -0.25) is 0 Å². The Bertz CT molecular complexity index is 640. The molecular formula is C14H11ClN2O4. The first-order chi connectivity index (χ1) is 10.0. The maximum atomic E-state index is 11.1. The molecule has 21 heavy (non-hydrogen) atoms. The van der Waals surface area contributed by atoms with Crippen LogP contribution in [0.4, 0.5) is 0 Å². The highest BCUT2D eigenvalue weighted by molar-refractivity contribution is 6.32. The summed E-state index contributed by atoms with van der Waals surface area (Å²) >= 11 is 6.06. The molecule has 0 radical (unpaired) electrons. The van der Waals surface area contributed by atoms with Crippen LogP contribution in [0.3, 0.4) is 0 Å². The van der Waals surface area contributed by atoms with Crippen LogP contribution in [0.1, 0.15) is 5.56 Å². The van der Waals surface area contributed by atoms with Gasteiger partial charge in [-0.25, -0.2) is 4.79 Å². The molecule has 0 unspecified atom stereocenters. The molecule has 0 aliphatic carbocycles. The SMILES string of the molecule is COC(=O)COc1c(Cl)cc(C=C(C#N)C#N)cc1OC. The normalized spacial score (nSPS) is 9.00. The van der Waals surface area contributed by atoms with E-state index in [1.807, 2.05) is 0 Å². The Morgan fingerprint density at radius 3 is 2.52 bits per heavy atom. The van der Waals surface area contributed by atoms with Crippen molar-refractivity contribution in [2.24, 2.45) is 0 Å². The number of hydrogen-bond donors (Lipinski definition) is 0. The first-order valence-electron chi connectivity index (χ1n) is 5.64. The maximum Gasteiger partial charge on any atom is 0.343 e. The number of nitriles is 2. The summed E-state index contributed by atoms with van der Waals surface area (Å²) in [6, 6.07) is 6.51. The lowest BCUT2D eigenvalue weighted by molar-refractivity contribution is -0.142. The fourth-order valence-electron chi connectivity index (χ4n) is 1.41. The molecule has 108 valence electrons. The van der Waals surface area contributed by atoms with Gasteiger partial charge in [-0.1, -0.05) is 11.6 Å². The van der Waals surface area contributed by atoms with Gasteiger partial charge in [0.25, 0.3) is 0 Å². The highest BCUT2D eigenvalue weighted by Gasteiger charge is 2.13. The smallest absolute Gasteiger partial charge is 0.343 e. The second-order valence-electron chi connectivity index (χ2n) is 3.68. The van der Waals surface area contributed by atoms with Gasteiger partial charge in [0.1, 0.15) is 17.7 Å². The van der Waals surface area contributed by atoms with E-state index in [1.165, 1.54) is 32.4 Å². The van der Waals surface area contributed by atoms with Crippen LogP contribution in [-0.4, -0.2) is 26.8 Å². The van der Waals surface area contributed by atoms with Gasteiger partial charge in [0, 0.05) is 0 Å². The van der Waals surface area contributed by atoms with Crippen LogP contribution in [-0.2, 0) is 9.53 Å². The monoisotopic (exact) mass is 306 g/mol. The first-order valence-corrected chi connectivity index (χ1v) is 6.02. The number of carbonyl (C=O) groups is 1. The molecule has 0 saturated heterocycles. The lowest BCUT2D eigenvalue weighted by Crippen LogP contribution is -2.13. The van der Waals surface area contributed by atoms with Crippen molar-refractivity contribution in [1.29, 1.82) is 10.5 Å². The molecule has 0 N–H and O–H groups in total. The summed E-state index contributed by atoms with van der Waals surface area (Å²) in [6.07, 6.45) is 1.36. The second-order valence-corrected chi connectivity index (χ2v) is 4.09. The van der Waals surface area contributed by atoms with Crippen molar-refractivity contribution >= 4 is 23.6 Å². The maximum absolute atomic E-state index is 11.1. The van der Waals surface area contributed by atoms with Crippen molar-refractivity contribution in [2.45, 2.75) is 0 Å². The average molecular weight is 307 g/mol. The zero-order valence-electron chi connectivity index (χ0n) is 11.3. The molecule has 7 heteroatoms. The van der Waals surface area contributed by atoms with E-state index in [-0.39, 0.29) is 28.7 Å². The number of rotatable bonds is 5. The zero-order chi connectivity index (χ0) is 15.8. The molecular weight excluding hydrogens is 296 g/mol. The zero-order valence-corrected chi connectivity index (χ0v) is 12.1. The number of methoxy groups -OCH3 is 2. The number of esters is 1. The third-order valence-corrected chi connectivity index (χ3v) is 2.65. The Hall–Kier alpha value is -2.70. The molecule has 1 aromatic carbocycles. The first kappa shape index (κ1) is 16.4. The van der Waals surface area contributed by atoms with E-state index in [4.69, 9.17) is 31.6 Å². The molecule has 0 aliphatic heterocycles. The summed E-state index contributed by atoms with van der Waals surface area (Å²) < 4.78 is 14.8. The number of ether oxygens (including phenoxy) is 3. The van der Waals surface area contributed by atoms with Crippen LogP contribution >= 0.6 is 11.6 Å². The number of carbonyl (C=O) groups excluding carboxylic acids is 1. The minimum absolute atomic E-state index is 0.0728. The van der Waals surface area contributed by atoms with E-state index < -0.39 is 5.97 Å². The number of halogens is 1. The van der Waals surface area contributed by atoms with Crippen molar-refractivity contribution in [1.82, 2.24) is 0 Å². The molecule has 0 bridgehead atoms. The summed E-state index contributed by atoms with van der Waals surface area (Å²) in [5.74, 6) is -0.113. The quantitative estimate of drug-likeness (QED) is 0.612. The molecule has 0 aromatic heterocycles. The van der Waals surface area contributed by atoms with E-state index in [0.717, 1.165) is 0 Å². The van der Waals surface area contributed by atoms with Gasteiger partial charge < -0.3 is 14.2 Å². The van der Waals surface area contributed by atoms with E-state index in [0.29, 0.717) is 5.56 Å². The van der Waals surface area contributed by atoms with Gasteiger partial charge in [0.05, 0.1) is 19.2 Å². The lowest BCUT2D eigenvalue weighted by Gasteiger charge is -2.12. The van der Waals surface area contributed by atoms with E-state index >= 15 is 0 Å². The minimum atomic E-state index is -0.562. The largest absolute Gasteiger partial charge is 0.493 e. The molecule has 0 fully saturated rings. The second kappa shape index (κ2) is 7.78. The van der Waals surface area contributed by atoms with Crippen LogP contribution in [0.2, 0.25) is 5.02 Å². The fourth-order valence-corrected chi connectivity index (χ4v) is 1.68. The minimum Gasteiger partial charge on any atom is -0.493 e. The molecule has 0 amide bonds. The predicted molar refractivity (Wildman–Crippen MR) is 74.7 cm³/mol. The van der Waals surface area contributed by atoms with Gasteiger partial charge in [0.2, 0.25) is 0 Å². The van der Waals surface area contributed by atoms with E-state index in [2.05, 4.69) is 4.74 Å². The summed E-state index contributed by atoms with van der Waals surface area (Å²) in [5, 5.41) is 17.6. The third-order valence-electron chi connectivity index (χ3n) is 2.37. The summed E-state index contributed by atoms with van der Waals surface area (Å²) in [7, 11) is 2.64. The van der Waals surface area contributed by atoms with Crippen molar-refractivity contribution in [3.8, 4) is 23.6 Å². The molecule has 0 spiro atoms. The fraction of sp³-hybridized carbons (Fsp3) is 0.214. The summed E-state index contributed by atoms with van der Waals surface area (Å²) in [5.41, 5.74) is 0.428. The van der Waals surface area contributed by atoms with Crippen LogP contribution < -0.4 is 9.47 Å². The summed E-state index contributed by atoms with van der Waals surface area (Å²) in [6.45, 7) is -0.316. The Labute approximate surface area is 126 Å². The van der Waals surface area contributed by atoms with Gasteiger partial charge in [-0.2, -0.15) is 10.5 Å². The molecule has 0 aliphatic rings. The number of nitrogens with zero attached hydrogens (tertiary/aromatic N) is 2. The molecule has 0 heterocycles. The molecule has 1 rings (SSSR count). The van der Waals surface area contributed by atoms with Crippen molar-refractivity contribution < 1.29 is 19.0 Å². The van der Waals surface area contributed by atoms with Crippen LogP contribution in [0.15, 0.2) is 17.7 Å². The lowest BCUT2D eigenvalue weighted by atomic mass is 10.1. The summed E-state index contributed by atoms with van der Waals surface area (Å²) in [4.78, 5) is 11.1. The number of hydrogen-bond acceptors (Lipinski definition) is 6. The Kier molecular flexibility index (Phi) is 6.06. The Balaban J connectivity index is 3.15. The predicted octanol–water partition coefficient (Wildman–Crippen LogP) is 2.33. The molecule has 0 saturated carbocycles. The van der Waals surface area contributed by atoms with Gasteiger partial charge >= 0.3 is 5.97 Å². The van der Waals surface area contributed by atoms with Gasteiger partial charge in [-0.15, -0.1) is 0 Å². The molecule has 6 nitrogen and oxygen atoms in total. The third kappa shape index (κ3) is 4.41. The number of benzene rings is 1. The molecule has 0 atom stereocenters. The van der Waals surface area contributed by atoms with Crippen molar-refractivity contribution in [2.75, 3.05) is 20.8 Å². The van der Waals surface area contributed by atoms with Crippen LogP contribution in [0.5, 0.6) is 11.5 Å². The Morgan fingerprint density at radius 1 is 1.33 bits per heavy atom. The average Bonchev–Trinajstić information content (AvgIpc) is 2.50. The van der Waals surface area contributed by atoms with Crippen LogP contribution in [0, 0.1) is 22.7 Å². The van der Waals surface area contributed by atoms with Gasteiger partial charge in [0.15, 0.2) is 18.1 Å². The van der Waals surface area contributed by atoms with Crippen molar-refractivity contribution in [3.63, 3.8) is 0 Å². The highest BCUT2D eigenvalue weighted by atomic mass is 35.5. The topological polar surface area (TPSA) is 92.3 Å². The Morgan fingerprint density at radius 2 is 2.00 bits per heavy atom. The van der Waals surface area contributed by atoms with Crippen LogP contribution in [0.25, 0.3) is 6.08 Å². The highest BCUT2D eigenvalue weighted by Crippen LogP contribution is 2.37. The van der Waals surface area contributed by atoms with E-state index in [9.17, 15) is 4.79 Å².